The van der Waals surface area contributed by atoms with Crippen molar-refractivity contribution in [1.29, 1.82) is 0 Å². The Hall–Kier alpha value is -3.01. The third-order valence-electron chi connectivity index (χ3n) is 3.70. The number of nitrogens with one attached hydrogen (secondary N) is 1. The van der Waals surface area contributed by atoms with Crippen molar-refractivity contribution >= 4 is 11.6 Å². The minimum Gasteiger partial charge on any atom is -0.326 e. The van der Waals surface area contributed by atoms with Crippen molar-refractivity contribution in [3.8, 4) is 11.3 Å². The highest BCUT2D eigenvalue weighted by Crippen LogP contribution is 2.20. The summed E-state index contributed by atoms with van der Waals surface area (Å²) in [4.78, 5) is 20.8. The number of benzene rings is 2. The fraction of sp³-hybridized carbons (Fsp3) is 0.150. The zero-order valence-electron chi connectivity index (χ0n) is 13.8. The van der Waals surface area contributed by atoms with Crippen LogP contribution in [0.25, 0.3) is 11.3 Å². The molecule has 1 heterocycles. The van der Waals surface area contributed by atoms with E-state index in [-0.39, 0.29) is 5.91 Å². The van der Waals surface area contributed by atoms with Gasteiger partial charge < -0.3 is 5.32 Å². The van der Waals surface area contributed by atoms with E-state index in [1.165, 1.54) is 5.56 Å². The van der Waals surface area contributed by atoms with Gasteiger partial charge in [-0.25, -0.2) is 9.97 Å². The number of carbonyl (C=O) groups is 1. The summed E-state index contributed by atoms with van der Waals surface area (Å²) in [6.07, 6.45) is 2.09. The summed E-state index contributed by atoms with van der Waals surface area (Å²) in [7, 11) is 0. The van der Waals surface area contributed by atoms with E-state index < -0.39 is 0 Å². The molecule has 0 spiro atoms. The molecular formula is C20H19N3O. The number of hydrogen-bond acceptors (Lipinski definition) is 3. The molecule has 120 valence electrons. The van der Waals surface area contributed by atoms with Gasteiger partial charge in [0.15, 0.2) is 0 Å². The van der Waals surface area contributed by atoms with Crippen molar-refractivity contribution in [1.82, 2.24) is 9.97 Å². The molecule has 4 nitrogen and oxygen atoms in total. The van der Waals surface area contributed by atoms with Crippen LogP contribution < -0.4 is 5.32 Å². The van der Waals surface area contributed by atoms with Crippen molar-refractivity contribution in [2.45, 2.75) is 20.3 Å². The first-order valence-electron chi connectivity index (χ1n) is 7.85. The molecule has 0 aliphatic heterocycles. The zero-order chi connectivity index (χ0) is 16.9. The second-order valence-corrected chi connectivity index (χ2v) is 5.78. The third-order valence-corrected chi connectivity index (χ3v) is 3.70. The number of aromatic nitrogens is 2. The van der Waals surface area contributed by atoms with Crippen LogP contribution in [-0.2, 0) is 11.2 Å². The predicted molar refractivity (Wildman–Crippen MR) is 95.7 cm³/mol. The first-order valence-corrected chi connectivity index (χ1v) is 7.85. The van der Waals surface area contributed by atoms with Crippen LogP contribution in [-0.4, -0.2) is 15.9 Å². The lowest BCUT2D eigenvalue weighted by Crippen LogP contribution is -2.14. The average Bonchev–Trinajstić information content (AvgIpc) is 2.57. The van der Waals surface area contributed by atoms with E-state index in [1.807, 2.05) is 68.4 Å². The number of rotatable bonds is 4. The van der Waals surface area contributed by atoms with Crippen molar-refractivity contribution < 1.29 is 4.79 Å². The SMILES string of the molecule is Cc1ccc(CC(=O)Nc2cccc(-c3ccnc(C)n3)c2)cc1. The molecule has 0 aliphatic rings. The van der Waals surface area contributed by atoms with Crippen molar-refractivity contribution in [2.24, 2.45) is 0 Å². The second kappa shape index (κ2) is 7.04. The molecule has 0 bridgehead atoms. The molecule has 1 N–H and O–H groups in total. The molecule has 1 aromatic heterocycles. The van der Waals surface area contributed by atoms with Gasteiger partial charge in [0.1, 0.15) is 5.82 Å². The largest absolute Gasteiger partial charge is 0.326 e. The summed E-state index contributed by atoms with van der Waals surface area (Å²) in [5.41, 5.74) is 4.75. The van der Waals surface area contributed by atoms with Crippen molar-refractivity contribution in [3.05, 3.63) is 77.7 Å². The van der Waals surface area contributed by atoms with Crippen LogP contribution >= 0.6 is 0 Å². The molecule has 2 aromatic carbocycles. The van der Waals surface area contributed by atoms with E-state index in [1.54, 1.807) is 6.20 Å². The maximum absolute atomic E-state index is 12.2. The molecule has 0 fully saturated rings. The van der Waals surface area contributed by atoms with Gasteiger partial charge in [-0.15, -0.1) is 0 Å². The minimum atomic E-state index is -0.0325. The quantitative estimate of drug-likeness (QED) is 0.793. The maximum atomic E-state index is 12.2. The Kier molecular flexibility index (Phi) is 4.66. The van der Waals surface area contributed by atoms with Gasteiger partial charge in [-0.1, -0.05) is 42.0 Å². The van der Waals surface area contributed by atoms with Crippen molar-refractivity contribution in [2.75, 3.05) is 5.32 Å². The lowest BCUT2D eigenvalue weighted by molar-refractivity contribution is -0.115. The summed E-state index contributed by atoms with van der Waals surface area (Å²) in [5.74, 6) is 0.691. The second-order valence-electron chi connectivity index (χ2n) is 5.78. The third kappa shape index (κ3) is 4.04. The fourth-order valence-electron chi connectivity index (χ4n) is 2.47. The van der Waals surface area contributed by atoms with Gasteiger partial charge in [0.05, 0.1) is 12.1 Å². The van der Waals surface area contributed by atoms with E-state index in [9.17, 15) is 4.79 Å². The normalized spacial score (nSPS) is 10.4. The lowest BCUT2D eigenvalue weighted by Gasteiger charge is -2.08. The molecule has 1 amide bonds. The van der Waals surface area contributed by atoms with E-state index in [2.05, 4.69) is 15.3 Å². The molecule has 0 unspecified atom stereocenters. The van der Waals surface area contributed by atoms with E-state index >= 15 is 0 Å². The van der Waals surface area contributed by atoms with Crippen LogP contribution in [0.4, 0.5) is 5.69 Å². The topological polar surface area (TPSA) is 54.9 Å². The fourth-order valence-corrected chi connectivity index (χ4v) is 2.47. The van der Waals surface area contributed by atoms with Gasteiger partial charge in [-0.3, -0.25) is 4.79 Å². The molecule has 3 rings (SSSR count). The monoisotopic (exact) mass is 317 g/mol. The number of aryl methyl sites for hydroxylation is 2. The zero-order valence-corrected chi connectivity index (χ0v) is 13.8. The Morgan fingerprint density at radius 2 is 1.83 bits per heavy atom. The van der Waals surface area contributed by atoms with Gasteiger partial charge in [0, 0.05) is 17.4 Å². The van der Waals surface area contributed by atoms with Crippen molar-refractivity contribution in [3.63, 3.8) is 0 Å². The molecule has 24 heavy (non-hydrogen) atoms. The Labute approximate surface area is 141 Å². The first-order chi connectivity index (χ1) is 11.6. The van der Waals surface area contributed by atoms with Gasteiger partial charge in [-0.05, 0) is 37.6 Å². The Balaban J connectivity index is 1.72. The van der Waals surface area contributed by atoms with Crippen LogP contribution in [0.15, 0.2) is 60.8 Å². The van der Waals surface area contributed by atoms with E-state index in [4.69, 9.17) is 0 Å². The van der Waals surface area contributed by atoms with Gasteiger partial charge in [0.25, 0.3) is 0 Å². The highest BCUT2D eigenvalue weighted by Gasteiger charge is 2.06. The number of carbonyl (C=O) groups excluding carboxylic acids is 1. The van der Waals surface area contributed by atoms with E-state index in [0.29, 0.717) is 6.42 Å². The molecule has 0 aliphatic carbocycles. The highest BCUT2D eigenvalue weighted by atomic mass is 16.1. The lowest BCUT2D eigenvalue weighted by atomic mass is 10.1. The summed E-state index contributed by atoms with van der Waals surface area (Å²) in [6, 6.07) is 17.5. The van der Waals surface area contributed by atoms with Gasteiger partial charge >= 0.3 is 0 Å². The summed E-state index contributed by atoms with van der Waals surface area (Å²) >= 11 is 0. The highest BCUT2D eigenvalue weighted by molar-refractivity contribution is 5.92. The minimum absolute atomic E-state index is 0.0325. The van der Waals surface area contributed by atoms with E-state index in [0.717, 1.165) is 28.3 Å². The molecule has 0 saturated heterocycles. The number of hydrogen-bond donors (Lipinski definition) is 1. The van der Waals surface area contributed by atoms with Crippen LogP contribution in [0, 0.1) is 13.8 Å². The van der Waals surface area contributed by atoms with Gasteiger partial charge in [0.2, 0.25) is 5.91 Å². The Morgan fingerprint density at radius 3 is 2.58 bits per heavy atom. The van der Waals surface area contributed by atoms with Crippen LogP contribution in [0.3, 0.4) is 0 Å². The van der Waals surface area contributed by atoms with Crippen LogP contribution in [0.5, 0.6) is 0 Å². The number of nitrogens with zero attached hydrogens (tertiary/aromatic N) is 2. The summed E-state index contributed by atoms with van der Waals surface area (Å²) in [5, 5.41) is 2.95. The Bertz CT molecular complexity index is 857. The summed E-state index contributed by atoms with van der Waals surface area (Å²) < 4.78 is 0. The van der Waals surface area contributed by atoms with Crippen LogP contribution in [0.1, 0.15) is 17.0 Å². The smallest absolute Gasteiger partial charge is 0.228 e. The molecule has 0 atom stereocenters. The van der Waals surface area contributed by atoms with Gasteiger partial charge in [-0.2, -0.15) is 0 Å². The molecule has 4 heteroatoms. The molecule has 0 radical (unpaired) electrons. The summed E-state index contributed by atoms with van der Waals surface area (Å²) in [6.45, 7) is 3.89. The predicted octanol–water partition coefficient (Wildman–Crippen LogP) is 3.94. The van der Waals surface area contributed by atoms with Crippen LogP contribution in [0.2, 0.25) is 0 Å². The average molecular weight is 317 g/mol. The molecule has 3 aromatic rings. The number of amides is 1. The maximum Gasteiger partial charge on any atom is 0.228 e. The molecular weight excluding hydrogens is 298 g/mol. The molecule has 0 saturated carbocycles. The number of anilines is 1. The standard InChI is InChI=1S/C20H19N3O/c1-14-6-8-16(9-7-14)12-20(24)23-18-5-3-4-17(13-18)19-10-11-21-15(2)22-19/h3-11,13H,12H2,1-2H3,(H,23,24). The first kappa shape index (κ1) is 15.9. The Morgan fingerprint density at radius 1 is 1.04 bits per heavy atom.